The highest BCUT2D eigenvalue weighted by atomic mass is 19.1. The van der Waals surface area contributed by atoms with E-state index in [0.29, 0.717) is 23.9 Å². The average molecular weight is 235 g/mol. The number of hydrogen-bond donors (Lipinski definition) is 1. The zero-order chi connectivity index (χ0) is 12.3. The van der Waals surface area contributed by atoms with Crippen molar-refractivity contribution in [3.8, 4) is 11.3 Å². The number of rotatable bonds is 4. The fraction of sp³-hybridized carbons (Fsp3) is 0.333. The fourth-order valence-electron chi connectivity index (χ4n) is 1.47. The number of nitrogens with zero attached hydrogens (tertiary/aromatic N) is 2. The third kappa shape index (κ3) is 2.88. The molecule has 0 unspecified atom stereocenters. The molecule has 0 fully saturated rings. The Morgan fingerprint density at radius 2 is 2.18 bits per heavy atom. The van der Waals surface area contributed by atoms with Crippen LogP contribution < -0.4 is 5.32 Å². The smallest absolute Gasteiger partial charge is 0.172 e. The zero-order valence-electron chi connectivity index (χ0n) is 9.77. The molecule has 0 saturated heterocycles. The van der Waals surface area contributed by atoms with E-state index < -0.39 is 0 Å². The van der Waals surface area contributed by atoms with Gasteiger partial charge in [0.25, 0.3) is 0 Å². The summed E-state index contributed by atoms with van der Waals surface area (Å²) in [5.74, 6) is 0.173. The molecule has 0 saturated carbocycles. The predicted molar refractivity (Wildman–Crippen MR) is 61.7 cm³/mol. The van der Waals surface area contributed by atoms with Crippen LogP contribution in [0.5, 0.6) is 0 Å². The maximum Gasteiger partial charge on any atom is 0.172 e. The zero-order valence-corrected chi connectivity index (χ0v) is 9.77. The molecule has 0 amide bonds. The standard InChI is InChI=1S/C12H14FN3O/c1-8(2)15-5-10-6-16-17-12(10)9-3-11(13)7-14-4-9/h3-4,6-8,15H,5H2,1-2H3. The Hall–Kier alpha value is -1.75. The highest BCUT2D eigenvalue weighted by Crippen LogP contribution is 2.23. The summed E-state index contributed by atoms with van der Waals surface area (Å²) in [6, 6.07) is 1.75. The Morgan fingerprint density at radius 1 is 1.35 bits per heavy atom. The SMILES string of the molecule is CC(C)NCc1cnoc1-c1cncc(F)c1. The molecule has 2 aromatic rings. The molecule has 1 N–H and O–H groups in total. The first kappa shape index (κ1) is 11.7. The Morgan fingerprint density at radius 3 is 2.88 bits per heavy atom. The lowest BCUT2D eigenvalue weighted by Gasteiger charge is -2.06. The highest BCUT2D eigenvalue weighted by molar-refractivity contribution is 5.59. The molecule has 0 aliphatic carbocycles. The summed E-state index contributed by atoms with van der Waals surface area (Å²) >= 11 is 0. The van der Waals surface area contributed by atoms with Crippen LogP contribution in [0.4, 0.5) is 4.39 Å². The number of nitrogens with one attached hydrogen (secondary N) is 1. The van der Waals surface area contributed by atoms with E-state index >= 15 is 0 Å². The largest absolute Gasteiger partial charge is 0.356 e. The maximum atomic E-state index is 13.1. The van der Waals surface area contributed by atoms with E-state index in [2.05, 4.69) is 29.3 Å². The summed E-state index contributed by atoms with van der Waals surface area (Å²) in [6.45, 7) is 4.74. The second-order valence-electron chi connectivity index (χ2n) is 4.11. The molecule has 4 nitrogen and oxygen atoms in total. The minimum absolute atomic E-state index is 0.364. The van der Waals surface area contributed by atoms with Crippen LogP contribution in [0.1, 0.15) is 19.4 Å². The fourth-order valence-corrected chi connectivity index (χ4v) is 1.47. The number of halogens is 1. The van der Waals surface area contributed by atoms with Crippen LogP contribution in [0, 0.1) is 5.82 Å². The van der Waals surface area contributed by atoms with Crippen molar-refractivity contribution in [3.63, 3.8) is 0 Å². The summed E-state index contributed by atoms with van der Waals surface area (Å²) in [4.78, 5) is 3.79. The molecule has 2 rings (SSSR count). The van der Waals surface area contributed by atoms with E-state index in [1.54, 1.807) is 12.4 Å². The normalized spacial score (nSPS) is 11.1. The average Bonchev–Trinajstić information content (AvgIpc) is 2.74. The third-order valence-electron chi connectivity index (χ3n) is 2.31. The van der Waals surface area contributed by atoms with Gasteiger partial charge in [0.2, 0.25) is 0 Å². The second-order valence-corrected chi connectivity index (χ2v) is 4.11. The van der Waals surface area contributed by atoms with E-state index in [4.69, 9.17) is 4.52 Å². The molecule has 17 heavy (non-hydrogen) atoms. The summed E-state index contributed by atoms with van der Waals surface area (Å²) < 4.78 is 18.2. The third-order valence-corrected chi connectivity index (χ3v) is 2.31. The van der Waals surface area contributed by atoms with Crippen LogP contribution in [0.3, 0.4) is 0 Å². The van der Waals surface area contributed by atoms with Gasteiger partial charge in [0.15, 0.2) is 5.76 Å². The van der Waals surface area contributed by atoms with Gasteiger partial charge in [0.1, 0.15) is 5.82 Å². The van der Waals surface area contributed by atoms with Gasteiger partial charge in [0.05, 0.1) is 12.4 Å². The van der Waals surface area contributed by atoms with Gasteiger partial charge < -0.3 is 9.84 Å². The number of hydrogen-bond acceptors (Lipinski definition) is 4. The van der Waals surface area contributed by atoms with Crippen molar-refractivity contribution >= 4 is 0 Å². The van der Waals surface area contributed by atoms with Crippen molar-refractivity contribution in [2.75, 3.05) is 0 Å². The highest BCUT2D eigenvalue weighted by Gasteiger charge is 2.11. The lowest BCUT2D eigenvalue weighted by Crippen LogP contribution is -2.21. The van der Waals surface area contributed by atoms with Crippen LogP contribution in [0.15, 0.2) is 29.2 Å². The van der Waals surface area contributed by atoms with Crippen molar-refractivity contribution in [2.24, 2.45) is 0 Å². The molecule has 0 atom stereocenters. The van der Waals surface area contributed by atoms with Crippen LogP contribution in [0.2, 0.25) is 0 Å². The van der Waals surface area contributed by atoms with E-state index in [9.17, 15) is 4.39 Å². The minimum atomic E-state index is -0.387. The van der Waals surface area contributed by atoms with Gasteiger partial charge in [-0.25, -0.2) is 4.39 Å². The van der Waals surface area contributed by atoms with Gasteiger partial charge >= 0.3 is 0 Å². The summed E-state index contributed by atoms with van der Waals surface area (Å²) in [7, 11) is 0. The molecule has 0 aromatic carbocycles. The number of aromatic nitrogens is 2. The predicted octanol–water partition coefficient (Wildman–Crippen LogP) is 2.37. The van der Waals surface area contributed by atoms with E-state index in [1.807, 2.05) is 0 Å². The van der Waals surface area contributed by atoms with Gasteiger partial charge in [-0.1, -0.05) is 19.0 Å². The molecular weight excluding hydrogens is 221 g/mol. The van der Waals surface area contributed by atoms with Crippen LogP contribution >= 0.6 is 0 Å². The monoisotopic (exact) mass is 235 g/mol. The second kappa shape index (κ2) is 5.05. The Balaban J connectivity index is 2.24. The minimum Gasteiger partial charge on any atom is -0.356 e. The first-order valence-corrected chi connectivity index (χ1v) is 5.44. The summed E-state index contributed by atoms with van der Waals surface area (Å²) in [5.41, 5.74) is 1.49. The Labute approximate surface area is 98.8 Å². The van der Waals surface area contributed by atoms with Gasteiger partial charge in [0, 0.05) is 29.9 Å². The Bertz CT molecular complexity index is 496. The molecule has 0 spiro atoms. The van der Waals surface area contributed by atoms with E-state index in [1.165, 1.54) is 6.07 Å². The lowest BCUT2D eigenvalue weighted by molar-refractivity contribution is 0.430. The van der Waals surface area contributed by atoms with Crippen molar-refractivity contribution in [2.45, 2.75) is 26.4 Å². The van der Waals surface area contributed by atoms with Crippen LogP contribution in [0.25, 0.3) is 11.3 Å². The topological polar surface area (TPSA) is 51.0 Å². The molecule has 0 aliphatic rings. The molecule has 90 valence electrons. The van der Waals surface area contributed by atoms with Crippen molar-refractivity contribution in [1.82, 2.24) is 15.5 Å². The molecule has 2 heterocycles. The molecule has 0 aliphatic heterocycles. The quantitative estimate of drug-likeness (QED) is 0.883. The van der Waals surface area contributed by atoms with Crippen molar-refractivity contribution < 1.29 is 8.91 Å². The first-order chi connectivity index (χ1) is 8.16. The Kier molecular flexibility index (Phi) is 3.49. The van der Waals surface area contributed by atoms with Crippen molar-refractivity contribution in [3.05, 3.63) is 36.0 Å². The molecular formula is C12H14FN3O. The molecule has 5 heteroatoms. The lowest BCUT2D eigenvalue weighted by atomic mass is 10.1. The van der Waals surface area contributed by atoms with Gasteiger partial charge in [-0.3, -0.25) is 4.98 Å². The van der Waals surface area contributed by atoms with E-state index in [0.717, 1.165) is 11.8 Å². The number of pyridine rings is 1. The van der Waals surface area contributed by atoms with Gasteiger partial charge in [-0.2, -0.15) is 0 Å². The molecule has 0 radical (unpaired) electrons. The van der Waals surface area contributed by atoms with Crippen LogP contribution in [-0.2, 0) is 6.54 Å². The molecule has 0 bridgehead atoms. The summed E-state index contributed by atoms with van der Waals surface area (Å²) in [5, 5.41) is 7.00. The maximum absolute atomic E-state index is 13.1. The van der Waals surface area contributed by atoms with E-state index in [-0.39, 0.29) is 5.82 Å². The molecule has 2 aromatic heterocycles. The summed E-state index contributed by atoms with van der Waals surface area (Å²) in [6.07, 6.45) is 4.35. The van der Waals surface area contributed by atoms with Gasteiger partial charge in [-0.05, 0) is 6.07 Å². The first-order valence-electron chi connectivity index (χ1n) is 5.44. The van der Waals surface area contributed by atoms with Crippen LogP contribution in [-0.4, -0.2) is 16.2 Å². The van der Waals surface area contributed by atoms with Crippen molar-refractivity contribution in [1.29, 1.82) is 0 Å². The van der Waals surface area contributed by atoms with Gasteiger partial charge in [-0.15, -0.1) is 0 Å².